The number of benzene rings is 7. The molecule has 0 fully saturated rings. The number of aryl methyl sites for hydroxylation is 2. The third-order valence-electron chi connectivity index (χ3n) is 19.1. The molecule has 0 bridgehead atoms. The van der Waals surface area contributed by atoms with Crippen molar-refractivity contribution in [3.8, 4) is 5.69 Å². The first kappa shape index (κ1) is 85.7. The van der Waals surface area contributed by atoms with Gasteiger partial charge in [0, 0.05) is 194 Å². The van der Waals surface area contributed by atoms with E-state index in [0.717, 1.165) is 156 Å². The molecule has 0 aliphatic carbocycles. The van der Waals surface area contributed by atoms with Gasteiger partial charge in [-0.15, -0.1) is 161 Å². The standard InChI is InChI=1S/C16H9N4.C14H11N4.C13H7N5S.C13H7N2O.C13H7N2S.C12H7N4.4CH4.6Ir/c1-3-7-13-11(5-1)16-18-12-6-2-4-8-14(12)19(16)15-9-10-17-20(13)15;1-9-14-17-8-7-15-13(17)11-5-3-4-6-12(11)18(14)10(2)16-9;1-2-4-9-8(3-1)11-16-10-12(19-7-15-10)18(11)13-14-5-6-17(9)13;1-2-5-10-9(4-1)12-13(16-8-14-12)11-6-3-7-15(10)11;1-2-4-10-9(3-1)11-5-8-16-13(11)15-7-6-14-12(10)15;1-2-4-10-9(3-1)11-13-5-8-16(11)12-14-6-7-15(10)12;;;;;;;;;;/h1-4,6-10H;3-4,6-8H,1-2H3;1-2,4-7,11H;2*1-3,5-8H;1-2,4-8H;4*1H4;;;;;;/q2*-1;-2;3*-1;;;;;;;;;;. The van der Waals surface area contributed by atoms with Gasteiger partial charge in [0.1, 0.15) is 22.7 Å². The number of pyridine rings is 2. The van der Waals surface area contributed by atoms with Crippen molar-refractivity contribution in [2.24, 2.45) is 0 Å². The minimum atomic E-state index is -0.0824. The van der Waals surface area contributed by atoms with Crippen molar-refractivity contribution in [1.82, 2.24) is 89.8 Å². The van der Waals surface area contributed by atoms with E-state index in [1.165, 1.54) is 22.0 Å². The Morgan fingerprint density at radius 3 is 1.83 bits per heavy atom. The summed E-state index contributed by atoms with van der Waals surface area (Å²) in [7, 11) is 0. The minimum Gasteiger partial charge on any atom is -0.452 e. The summed E-state index contributed by atoms with van der Waals surface area (Å²) in [4.78, 5) is 43.3. The van der Waals surface area contributed by atoms with Crippen LogP contribution in [-0.2, 0) is 121 Å². The molecule has 0 saturated heterocycles. The minimum absolute atomic E-state index is 0. The third-order valence-corrected chi connectivity index (χ3v) is 20.8. The van der Waals surface area contributed by atoms with E-state index in [2.05, 4.69) is 161 Å². The molecule has 0 spiro atoms. The topological polar surface area (TPSA) is 200 Å². The van der Waals surface area contributed by atoms with Gasteiger partial charge in [0.05, 0.1) is 60.9 Å². The molecule has 24 aromatic rings. The number of aromatic nitrogens is 19. The van der Waals surface area contributed by atoms with Gasteiger partial charge in [0.15, 0.2) is 6.39 Å². The average Bonchev–Trinajstić information content (AvgIpc) is 1.63. The predicted octanol–water partition coefficient (Wildman–Crippen LogP) is 19.9. The SMILES string of the molecule is C.C.C.C.Cc1nc(C)n2c3ccc[c-]c3c3nccn3c12.[Ir].[Ir].[Ir].[Ir].[Ir].[Ir].[c-]1cccc2c1C1[N-]c3ncsc3N1c1nccn1-2.[c-]1cccc2c1c1nc3ccccc3n1c1ccnn21.[c-]1cccc2c1c1nccn1c1nccn21.[c-]1cccc2c1c1nccn1c1sccc21.[c-]1cccc2c1c1ncoc1c1cccn21. The van der Waals surface area contributed by atoms with Crippen LogP contribution < -0.4 is 4.90 Å². The number of anilines is 2. The summed E-state index contributed by atoms with van der Waals surface area (Å²) in [5, 5.41) is 19.9. The fraction of sp³-hybridized carbons (Fsp3) is 0.0824. The van der Waals surface area contributed by atoms with E-state index in [1.807, 2.05) is 210 Å². The summed E-state index contributed by atoms with van der Waals surface area (Å²) in [6.45, 7) is 4.05. The van der Waals surface area contributed by atoms with Crippen LogP contribution >= 0.6 is 22.7 Å². The number of oxazole rings is 1. The van der Waals surface area contributed by atoms with Crippen LogP contribution in [0.2, 0.25) is 0 Å². The van der Waals surface area contributed by atoms with Crippen LogP contribution in [0.25, 0.3) is 143 Å². The molecule has 6 radical (unpaired) electrons. The quantitative estimate of drug-likeness (QED) is 0.130. The van der Waals surface area contributed by atoms with Crippen LogP contribution in [0.5, 0.6) is 0 Å². The van der Waals surface area contributed by atoms with Crippen LogP contribution in [0.1, 0.15) is 53.0 Å². The maximum atomic E-state index is 5.45. The summed E-state index contributed by atoms with van der Waals surface area (Å²) >= 11 is 3.34. The number of thiazole rings is 1. The van der Waals surface area contributed by atoms with E-state index in [9.17, 15) is 0 Å². The third kappa shape index (κ3) is 13.8. The first-order valence-electron chi connectivity index (χ1n) is 33.4. The molecule has 19 heterocycles. The Hall–Kier alpha value is -10.2. The van der Waals surface area contributed by atoms with Crippen molar-refractivity contribution >= 4 is 171 Å². The molecular formula is C85H64Ir6N21OS2-7. The maximum Gasteiger partial charge on any atom is 0.204 e. The Labute approximate surface area is 747 Å². The summed E-state index contributed by atoms with van der Waals surface area (Å²) in [6, 6.07) is 71.8. The van der Waals surface area contributed by atoms with Crippen LogP contribution in [-0.4, -0.2) is 89.8 Å². The molecule has 17 aromatic heterocycles. The van der Waals surface area contributed by atoms with Crippen LogP contribution in [0, 0.1) is 50.2 Å². The Bertz CT molecular complexity index is 7010. The van der Waals surface area contributed by atoms with E-state index < -0.39 is 0 Å². The summed E-state index contributed by atoms with van der Waals surface area (Å²) < 4.78 is 24.1. The zero-order valence-corrected chi connectivity index (χ0v) is 73.4. The number of fused-ring (bicyclic) bond motifs is 40. The Morgan fingerprint density at radius 1 is 0.452 bits per heavy atom. The molecule has 1 atom stereocenters. The maximum absolute atomic E-state index is 5.45. The van der Waals surface area contributed by atoms with E-state index in [0.29, 0.717) is 0 Å². The molecule has 26 rings (SSSR count). The van der Waals surface area contributed by atoms with E-state index >= 15 is 0 Å². The van der Waals surface area contributed by atoms with Crippen LogP contribution in [0.3, 0.4) is 0 Å². The fourth-order valence-electron chi connectivity index (χ4n) is 14.7. The van der Waals surface area contributed by atoms with Gasteiger partial charge >= 0.3 is 0 Å². The van der Waals surface area contributed by atoms with Gasteiger partial charge in [-0.05, 0) is 94.5 Å². The van der Waals surface area contributed by atoms with E-state index in [-0.39, 0.29) is 157 Å². The van der Waals surface area contributed by atoms with Crippen LogP contribution in [0.15, 0.2) is 254 Å². The van der Waals surface area contributed by atoms with Crippen molar-refractivity contribution in [1.29, 1.82) is 0 Å². The van der Waals surface area contributed by atoms with Crippen molar-refractivity contribution in [2.45, 2.75) is 49.7 Å². The molecular weight excluding hydrogens is 2550 g/mol. The van der Waals surface area contributed by atoms with Crippen LogP contribution in [0.4, 0.5) is 16.8 Å². The molecule has 588 valence electrons. The van der Waals surface area contributed by atoms with Crippen molar-refractivity contribution in [3.05, 3.63) is 308 Å². The molecule has 0 saturated carbocycles. The molecule has 30 heteroatoms. The second-order valence-electron chi connectivity index (χ2n) is 24.8. The number of rotatable bonds is 0. The van der Waals surface area contributed by atoms with Gasteiger partial charge in [0.25, 0.3) is 0 Å². The summed E-state index contributed by atoms with van der Waals surface area (Å²) in [5.74, 6) is 3.56. The molecule has 0 amide bonds. The van der Waals surface area contributed by atoms with E-state index in [1.54, 1.807) is 35.1 Å². The van der Waals surface area contributed by atoms with Gasteiger partial charge in [-0.2, -0.15) is 23.3 Å². The van der Waals surface area contributed by atoms with Gasteiger partial charge < -0.3 is 50.1 Å². The number of imidazole rings is 7. The number of hydrogen-bond acceptors (Lipinski definition) is 14. The second-order valence-corrected chi connectivity index (χ2v) is 26.5. The summed E-state index contributed by atoms with van der Waals surface area (Å²) in [6.07, 6.45) is 24.1. The Balaban J connectivity index is 0.000000134. The first-order valence-corrected chi connectivity index (χ1v) is 35.2. The molecule has 22 nitrogen and oxygen atoms in total. The second kappa shape index (κ2) is 35.1. The van der Waals surface area contributed by atoms with Gasteiger partial charge in [-0.25, -0.2) is 15.0 Å². The van der Waals surface area contributed by atoms with Crippen molar-refractivity contribution < 1.29 is 125 Å². The normalized spacial score (nSPS) is 11.9. The molecule has 1 unspecified atom stereocenters. The fourth-order valence-corrected chi connectivity index (χ4v) is 16.4. The molecule has 7 aromatic carbocycles. The zero-order chi connectivity index (χ0) is 69.4. The van der Waals surface area contributed by atoms with Gasteiger partial charge in [0.2, 0.25) is 11.7 Å². The predicted molar refractivity (Wildman–Crippen MR) is 435 cm³/mol. The number of thiophene rings is 1. The largest absolute Gasteiger partial charge is 0.452 e. The number of nitrogens with zero attached hydrogens (tertiary/aromatic N) is 21. The number of hydrogen-bond donors (Lipinski definition) is 0. The monoisotopic (exact) mass is 2620 g/mol. The van der Waals surface area contributed by atoms with E-state index in [4.69, 9.17) is 14.7 Å². The Morgan fingerprint density at radius 2 is 1.05 bits per heavy atom. The smallest absolute Gasteiger partial charge is 0.204 e. The van der Waals surface area contributed by atoms with Gasteiger partial charge in [-0.1, -0.05) is 80.5 Å². The average molecular weight is 2610 g/mol. The Kier molecular flexibility index (Phi) is 26.1. The van der Waals surface area contributed by atoms with Crippen molar-refractivity contribution in [2.75, 3.05) is 4.90 Å². The molecule has 115 heavy (non-hydrogen) atoms. The number of para-hydroxylation sites is 2. The van der Waals surface area contributed by atoms with Crippen molar-refractivity contribution in [3.63, 3.8) is 0 Å². The van der Waals surface area contributed by atoms with Gasteiger partial charge in [-0.3, -0.25) is 34.3 Å². The molecule has 0 N–H and O–H groups in total. The first-order chi connectivity index (χ1) is 52.0. The zero-order valence-electron chi connectivity index (χ0n) is 57.4. The summed E-state index contributed by atoms with van der Waals surface area (Å²) in [5.41, 5.74) is 20.0. The molecule has 2 aliphatic heterocycles. The molecule has 2 aliphatic rings.